The van der Waals surface area contributed by atoms with Gasteiger partial charge in [0.1, 0.15) is 6.54 Å². The van der Waals surface area contributed by atoms with Crippen LogP contribution in [0.5, 0.6) is 0 Å². The number of non-ortho nitro benzene ring substituents is 1. The minimum atomic E-state index is -4.17. The number of hydrogen-bond acceptors (Lipinski definition) is 6. The van der Waals surface area contributed by atoms with Crippen molar-refractivity contribution in [2.24, 2.45) is 5.10 Å². The third kappa shape index (κ3) is 6.23. The second-order valence-electron chi connectivity index (χ2n) is 6.71. The van der Waals surface area contributed by atoms with E-state index in [-0.39, 0.29) is 36.9 Å². The van der Waals surface area contributed by atoms with E-state index in [0.717, 1.165) is 10.5 Å². The molecule has 0 unspecified atom stereocenters. The largest absolute Gasteiger partial charge is 0.271 e. The number of nitrogens with zero attached hydrogens (tertiary/aromatic N) is 3. The Morgan fingerprint density at radius 3 is 2.29 bits per heavy atom. The number of rotatable bonds is 8. The standard InChI is InChI=1S/C21H15Cl3N4O5S/c22-15-9-16(23)11-18(10-15)27(34(32,33)19-4-2-1-3-5-19)13-21(29)26-25-12-14-8-17(28(30)31)6-7-20(14)24/h1-12H,13H2,(H,26,29)/b25-12-. The van der Waals surface area contributed by atoms with Crippen LogP contribution in [-0.4, -0.2) is 32.0 Å². The zero-order chi connectivity index (χ0) is 24.9. The van der Waals surface area contributed by atoms with Crippen molar-refractivity contribution in [3.8, 4) is 0 Å². The van der Waals surface area contributed by atoms with Gasteiger partial charge in [-0.25, -0.2) is 13.8 Å². The van der Waals surface area contributed by atoms with Gasteiger partial charge in [-0.1, -0.05) is 53.0 Å². The van der Waals surface area contributed by atoms with Crippen molar-refractivity contribution in [3.63, 3.8) is 0 Å². The van der Waals surface area contributed by atoms with Gasteiger partial charge in [0, 0.05) is 32.8 Å². The minimum absolute atomic E-state index is 0.0502. The number of hydrazone groups is 1. The van der Waals surface area contributed by atoms with Crippen LogP contribution < -0.4 is 9.73 Å². The number of nitro groups is 1. The van der Waals surface area contributed by atoms with Gasteiger partial charge in [0.25, 0.3) is 21.6 Å². The molecule has 0 spiro atoms. The molecule has 1 amide bonds. The average molecular weight is 542 g/mol. The van der Waals surface area contributed by atoms with Gasteiger partial charge < -0.3 is 0 Å². The van der Waals surface area contributed by atoms with Crippen LogP contribution in [0.4, 0.5) is 11.4 Å². The Labute approximate surface area is 209 Å². The van der Waals surface area contributed by atoms with Crippen LogP contribution >= 0.6 is 34.8 Å². The molecule has 0 aromatic heterocycles. The number of nitrogens with one attached hydrogen (secondary N) is 1. The van der Waals surface area contributed by atoms with Gasteiger partial charge in [0.2, 0.25) is 0 Å². The molecule has 9 nitrogen and oxygen atoms in total. The lowest BCUT2D eigenvalue weighted by molar-refractivity contribution is -0.384. The molecule has 0 bridgehead atoms. The molecule has 3 rings (SSSR count). The molecule has 0 saturated carbocycles. The van der Waals surface area contributed by atoms with Gasteiger partial charge in [0.05, 0.1) is 21.7 Å². The Morgan fingerprint density at radius 1 is 1.03 bits per heavy atom. The Hall–Kier alpha value is -3.18. The summed E-state index contributed by atoms with van der Waals surface area (Å²) in [6.07, 6.45) is 1.11. The number of hydrogen-bond donors (Lipinski definition) is 1. The van der Waals surface area contributed by atoms with Crippen LogP contribution in [0, 0.1) is 10.1 Å². The topological polar surface area (TPSA) is 122 Å². The first-order valence-electron chi connectivity index (χ1n) is 9.37. The molecule has 1 N–H and O–H groups in total. The molecule has 0 saturated heterocycles. The van der Waals surface area contributed by atoms with Gasteiger partial charge in [-0.2, -0.15) is 5.10 Å². The Bertz CT molecular complexity index is 1350. The molecule has 0 aliphatic heterocycles. The number of halogens is 3. The molecule has 34 heavy (non-hydrogen) atoms. The average Bonchev–Trinajstić information content (AvgIpc) is 2.78. The smallest absolute Gasteiger partial charge is 0.270 e. The van der Waals surface area contributed by atoms with E-state index in [4.69, 9.17) is 34.8 Å². The molecule has 13 heteroatoms. The highest BCUT2D eigenvalue weighted by Crippen LogP contribution is 2.29. The first-order valence-corrected chi connectivity index (χ1v) is 11.9. The summed E-state index contributed by atoms with van der Waals surface area (Å²) in [4.78, 5) is 22.9. The SMILES string of the molecule is O=C(CN(c1cc(Cl)cc(Cl)c1)S(=O)(=O)c1ccccc1)N/N=C\c1cc([N+](=O)[O-])ccc1Cl. The number of amides is 1. The Morgan fingerprint density at radius 2 is 1.68 bits per heavy atom. The molecule has 0 heterocycles. The van der Waals surface area contributed by atoms with E-state index in [1.807, 2.05) is 0 Å². The fourth-order valence-electron chi connectivity index (χ4n) is 2.80. The number of carbonyl (C=O) groups excluding carboxylic acids is 1. The van der Waals surface area contributed by atoms with E-state index in [0.29, 0.717) is 0 Å². The summed E-state index contributed by atoms with van der Waals surface area (Å²) in [7, 11) is -4.17. The van der Waals surface area contributed by atoms with Gasteiger partial charge in [-0.15, -0.1) is 0 Å². The molecule has 0 radical (unpaired) electrons. The van der Waals surface area contributed by atoms with Crippen molar-refractivity contribution < 1.29 is 18.1 Å². The third-order valence-electron chi connectivity index (χ3n) is 4.34. The fraction of sp³-hybridized carbons (Fsp3) is 0.0476. The maximum atomic E-state index is 13.3. The molecule has 0 fully saturated rings. The molecule has 0 atom stereocenters. The molecule has 0 aliphatic rings. The second-order valence-corrected chi connectivity index (χ2v) is 9.85. The highest BCUT2D eigenvalue weighted by Gasteiger charge is 2.27. The van der Waals surface area contributed by atoms with Crippen molar-refractivity contribution in [2.45, 2.75) is 4.90 Å². The summed E-state index contributed by atoms with van der Waals surface area (Å²) in [5.41, 5.74) is 2.24. The van der Waals surface area contributed by atoms with Crippen molar-refractivity contribution in [1.82, 2.24) is 5.43 Å². The predicted octanol–water partition coefficient (Wildman–Crippen LogP) is 4.90. The zero-order valence-corrected chi connectivity index (χ0v) is 20.1. The number of anilines is 1. The van der Waals surface area contributed by atoms with E-state index in [2.05, 4.69) is 10.5 Å². The zero-order valence-electron chi connectivity index (χ0n) is 17.1. The van der Waals surface area contributed by atoms with Crippen molar-refractivity contribution in [2.75, 3.05) is 10.8 Å². The number of sulfonamides is 1. The minimum Gasteiger partial charge on any atom is -0.271 e. The maximum Gasteiger partial charge on any atom is 0.270 e. The highest BCUT2D eigenvalue weighted by molar-refractivity contribution is 7.92. The lowest BCUT2D eigenvalue weighted by Gasteiger charge is -2.24. The van der Waals surface area contributed by atoms with Crippen molar-refractivity contribution in [3.05, 3.63) is 97.5 Å². The monoisotopic (exact) mass is 540 g/mol. The number of carbonyl (C=O) groups is 1. The molecule has 3 aromatic rings. The van der Waals surface area contributed by atoms with Crippen LogP contribution in [0.3, 0.4) is 0 Å². The van der Waals surface area contributed by atoms with Crippen LogP contribution in [0.1, 0.15) is 5.56 Å². The Balaban J connectivity index is 1.87. The summed E-state index contributed by atoms with van der Waals surface area (Å²) in [5.74, 6) is -0.798. The first-order chi connectivity index (χ1) is 16.1. The molecule has 3 aromatic carbocycles. The van der Waals surface area contributed by atoms with E-state index < -0.39 is 27.4 Å². The van der Waals surface area contributed by atoms with Crippen LogP contribution in [0.2, 0.25) is 15.1 Å². The summed E-state index contributed by atoms with van der Waals surface area (Å²) >= 11 is 18.1. The lowest BCUT2D eigenvalue weighted by atomic mass is 10.2. The highest BCUT2D eigenvalue weighted by atomic mass is 35.5. The first kappa shape index (κ1) is 25.4. The third-order valence-corrected chi connectivity index (χ3v) is 6.91. The Kier molecular flexibility index (Phi) is 8.11. The van der Waals surface area contributed by atoms with Crippen molar-refractivity contribution in [1.29, 1.82) is 0 Å². The molecular formula is C21H15Cl3N4O5S. The predicted molar refractivity (Wildman–Crippen MR) is 131 cm³/mol. The lowest BCUT2D eigenvalue weighted by Crippen LogP contribution is -2.39. The molecule has 0 aliphatic carbocycles. The quantitative estimate of drug-likeness (QED) is 0.247. The van der Waals surface area contributed by atoms with E-state index in [9.17, 15) is 23.3 Å². The summed E-state index contributed by atoms with van der Waals surface area (Å²) in [6, 6.07) is 15.4. The fourth-order valence-corrected chi connectivity index (χ4v) is 4.91. The summed E-state index contributed by atoms with van der Waals surface area (Å²) < 4.78 is 27.4. The number of nitro benzene ring substituents is 1. The van der Waals surface area contributed by atoms with E-state index in [1.165, 1.54) is 48.5 Å². The summed E-state index contributed by atoms with van der Waals surface area (Å²) in [6.45, 7) is -0.659. The van der Waals surface area contributed by atoms with Crippen LogP contribution in [0.25, 0.3) is 0 Å². The van der Waals surface area contributed by atoms with Crippen LogP contribution in [0.15, 0.2) is 76.7 Å². The van der Waals surface area contributed by atoms with Gasteiger partial charge in [-0.3, -0.25) is 19.2 Å². The van der Waals surface area contributed by atoms with E-state index >= 15 is 0 Å². The summed E-state index contributed by atoms with van der Waals surface area (Å²) in [5, 5.41) is 15.2. The van der Waals surface area contributed by atoms with Gasteiger partial charge >= 0.3 is 0 Å². The second kappa shape index (κ2) is 10.8. The van der Waals surface area contributed by atoms with Gasteiger partial charge in [-0.05, 0) is 36.4 Å². The molecule has 176 valence electrons. The van der Waals surface area contributed by atoms with E-state index in [1.54, 1.807) is 18.2 Å². The van der Waals surface area contributed by atoms with Gasteiger partial charge in [0.15, 0.2) is 0 Å². The maximum absolute atomic E-state index is 13.3. The molecular weight excluding hydrogens is 527 g/mol. The number of benzene rings is 3. The van der Waals surface area contributed by atoms with Crippen LogP contribution in [-0.2, 0) is 14.8 Å². The normalized spacial score (nSPS) is 11.4. The van der Waals surface area contributed by atoms with Crippen molar-refractivity contribution >= 4 is 68.3 Å².